The first kappa shape index (κ1) is 33.2. The van der Waals surface area contributed by atoms with E-state index in [-0.39, 0.29) is 51.7 Å². The number of ether oxygens (including phenoxy) is 1. The smallest absolute Gasteiger partial charge is 0.100 e. The second-order valence-electron chi connectivity index (χ2n) is 8.48. The molecular formula is C28H46O7. The molecule has 7 nitrogen and oxygen atoms in total. The summed E-state index contributed by atoms with van der Waals surface area (Å²) < 4.78 is 6.36. The zero-order valence-corrected chi connectivity index (χ0v) is 21.5. The molecule has 0 atom stereocenters. The van der Waals surface area contributed by atoms with Crippen LogP contribution in [0.4, 0.5) is 0 Å². The predicted molar refractivity (Wildman–Crippen MR) is 140 cm³/mol. The van der Waals surface area contributed by atoms with Gasteiger partial charge in [0.15, 0.2) is 0 Å². The Hall–Kier alpha value is -1.84. The molecule has 35 heavy (non-hydrogen) atoms. The molecule has 0 fully saturated rings. The lowest BCUT2D eigenvalue weighted by Gasteiger charge is -2.36. The number of hydrogen-bond acceptors (Lipinski definition) is 7. The minimum atomic E-state index is -0.773. The minimum absolute atomic E-state index is 0.0388. The largest absolute Gasteiger partial charge is 0.380 e. The summed E-state index contributed by atoms with van der Waals surface area (Å²) in [6.07, 6.45) is 16.2. The van der Waals surface area contributed by atoms with Gasteiger partial charge in [-0.05, 0) is 43.9 Å². The molecule has 0 amide bonds. The van der Waals surface area contributed by atoms with Crippen LogP contribution in [0.5, 0.6) is 0 Å². The third-order valence-electron chi connectivity index (χ3n) is 5.36. The Bertz CT molecular complexity index is 516. The van der Waals surface area contributed by atoms with Crippen molar-refractivity contribution in [2.45, 2.75) is 38.5 Å². The van der Waals surface area contributed by atoms with Gasteiger partial charge in [0.1, 0.15) is 19.8 Å². The van der Waals surface area contributed by atoms with Crippen molar-refractivity contribution in [1.82, 2.24) is 0 Å². The first-order valence-electron chi connectivity index (χ1n) is 12.0. The van der Waals surface area contributed by atoms with Crippen LogP contribution in [-0.2, 0) is 34.1 Å². The Morgan fingerprint density at radius 3 is 1.06 bits per heavy atom. The Kier molecular flexibility index (Phi) is 21.4. The Labute approximate surface area is 212 Å². The molecule has 0 saturated heterocycles. The van der Waals surface area contributed by atoms with Crippen molar-refractivity contribution in [3.05, 3.63) is 75.9 Å². The fourth-order valence-electron chi connectivity index (χ4n) is 3.34. The fraction of sp³-hybridized carbons (Fsp3) is 0.571. The minimum Gasteiger partial charge on any atom is -0.380 e. The summed E-state index contributed by atoms with van der Waals surface area (Å²) >= 11 is 0. The number of allylic oxidation sites excluding steroid dienone is 3. The van der Waals surface area contributed by atoms with Crippen molar-refractivity contribution >= 4 is 0 Å². The van der Waals surface area contributed by atoms with Crippen molar-refractivity contribution in [1.29, 1.82) is 0 Å². The molecule has 7 heteroatoms. The number of rotatable bonds is 28. The van der Waals surface area contributed by atoms with E-state index in [0.717, 1.165) is 38.5 Å². The first-order chi connectivity index (χ1) is 17.1. The second kappa shape index (κ2) is 22.6. The van der Waals surface area contributed by atoms with Gasteiger partial charge in [0.2, 0.25) is 0 Å². The van der Waals surface area contributed by atoms with Gasteiger partial charge >= 0.3 is 0 Å². The van der Waals surface area contributed by atoms with Gasteiger partial charge in [0.25, 0.3) is 0 Å². The third kappa shape index (κ3) is 16.5. The molecule has 0 radical (unpaired) electrons. The van der Waals surface area contributed by atoms with Gasteiger partial charge in [0, 0.05) is 0 Å². The van der Waals surface area contributed by atoms with Crippen molar-refractivity contribution < 1.29 is 34.1 Å². The van der Waals surface area contributed by atoms with E-state index in [0.29, 0.717) is 6.61 Å². The summed E-state index contributed by atoms with van der Waals surface area (Å²) in [5.74, 6) is 0. The molecule has 0 unspecified atom stereocenters. The van der Waals surface area contributed by atoms with Crippen LogP contribution < -0.4 is 0 Å². The van der Waals surface area contributed by atoms with Gasteiger partial charge in [0.05, 0.1) is 38.4 Å². The third-order valence-corrected chi connectivity index (χ3v) is 5.36. The molecular weight excluding hydrogens is 448 g/mol. The maximum absolute atomic E-state index is 6.36. The lowest BCUT2D eigenvalue weighted by atomic mass is 9.76. The van der Waals surface area contributed by atoms with E-state index in [4.69, 9.17) is 34.1 Å². The van der Waals surface area contributed by atoms with Crippen molar-refractivity contribution in [2.24, 2.45) is 10.8 Å². The fourth-order valence-corrected chi connectivity index (χ4v) is 3.34. The van der Waals surface area contributed by atoms with E-state index in [1.165, 1.54) is 0 Å². The van der Waals surface area contributed by atoms with Crippen LogP contribution in [0.15, 0.2) is 75.9 Å². The van der Waals surface area contributed by atoms with E-state index < -0.39 is 5.41 Å². The van der Waals surface area contributed by atoms with Gasteiger partial charge in [-0.3, -0.25) is 0 Å². The van der Waals surface area contributed by atoms with Crippen LogP contribution in [0.25, 0.3) is 0 Å². The van der Waals surface area contributed by atoms with Crippen LogP contribution >= 0.6 is 0 Å². The van der Waals surface area contributed by atoms with Crippen molar-refractivity contribution in [2.75, 3.05) is 52.9 Å². The normalized spacial score (nSPS) is 11.7. The summed E-state index contributed by atoms with van der Waals surface area (Å²) in [7, 11) is 0. The molecule has 0 bridgehead atoms. The van der Waals surface area contributed by atoms with Crippen LogP contribution in [-0.4, -0.2) is 52.9 Å². The van der Waals surface area contributed by atoms with E-state index in [1.807, 2.05) is 18.2 Å². The highest BCUT2D eigenvalue weighted by atomic mass is 17.2. The molecule has 0 aromatic heterocycles. The van der Waals surface area contributed by atoms with Gasteiger partial charge in [-0.1, -0.05) is 36.5 Å². The van der Waals surface area contributed by atoms with E-state index >= 15 is 0 Å². The molecule has 0 N–H and O–H groups in total. The number of hydrogen-bond donors (Lipinski definition) is 0. The monoisotopic (exact) mass is 494 g/mol. The van der Waals surface area contributed by atoms with Crippen LogP contribution in [0.3, 0.4) is 0 Å². The van der Waals surface area contributed by atoms with Crippen LogP contribution in [0, 0.1) is 10.8 Å². The summed E-state index contributed by atoms with van der Waals surface area (Å²) in [5, 5.41) is 0. The zero-order valence-electron chi connectivity index (χ0n) is 21.5. The predicted octanol–water partition coefficient (Wildman–Crippen LogP) is 6.28. The average Bonchev–Trinajstić information content (AvgIpc) is 2.87. The molecule has 0 aliphatic heterocycles. The zero-order chi connectivity index (χ0) is 26.1. The van der Waals surface area contributed by atoms with Crippen molar-refractivity contribution in [3.8, 4) is 0 Å². The van der Waals surface area contributed by atoms with Gasteiger partial charge in [-0.2, -0.15) is 0 Å². The van der Waals surface area contributed by atoms with Gasteiger partial charge < -0.3 is 4.74 Å². The molecule has 200 valence electrons. The average molecular weight is 495 g/mol. The SMILES string of the molecule is C=CCCC(CCC=C)(CCC=C)COCC(COOCC=C)(COOCC=C)COOCC=C. The van der Waals surface area contributed by atoms with E-state index in [2.05, 4.69) is 39.5 Å². The topological polar surface area (TPSA) is 64.6 Å². The summed E-state index contributed by atoms with van der Waals surface area (Å²) in [5.41, 5.74) is -0.812. The summed E-state index contributed by atoms with van der Waals surface area (Å²) in [4.78, 5) is 31.8. The Morgan fingerprint density at radius 2 is 0.743 bits per heavy atom. The lowest BCUT2D eigenvalue weighted by molar-refractivity contribution is -0.366. The Morgan fingerprint density at radius 1 is 0.400 bits per heavy atom. The lowest BCUT2D eigenvalue weighted by Crippen LogP contribution is -2.43. The summed E-state index contributed by atoms with van der Waals surface area (Å²) in [6, 6.07) is 0. The van der Waals surface area contributed by atoms with Crippen molar-refractivity contribution in [3.63, 3.8) is 0 Å². The van der Waals surface area contributed by atoms with E-state index in [1.54, 1.807) is 18.2 Å². The van der Waals surface area contributed by atoms with Gasteiger partial charge in [-0.15, -0.1) is 39.5 Å². The molecule has 0 heterocycles. The summed E-state index contributed by atoms with van der Waals surface area (Å²) in [6.45, 7) is 24.5. The molecule has 0 spiro atoms. The highest BCUT2D eigenvalue weighted by Gasteiger charge is 2.36. The highest BCUT2D eigenvalue weighted by molar-refractivity contribution is 4.88. The quantitative estimate of drug-likeness (QED) is 0.0549. The maximum Gasteiger partial charge on any atom is 0.100 e. The molecule has 0 aromatic rings. The van der Waals surface area contributed by atoms with Crippen LogP contribution in [0.1, 0.15) is 38.5 Å². The molecule has 0 rings (SSSR count). The second-order valence-corrected chi connectivity index (χ2v) is 8.48. The molecule has 0 saturated carbocycles. The maximum atomic E-state index is 6.36. The standard InChI is InChI=1S/C28H46O7/c1-7-13-16-27(17-14-8-2,18-15-9-3)22-29-23-28(24-33-30-19-10-4,25-34-31-20-11-5)26-35-32-21-12-6/h7-12H,1-6,13-26H2. The highest BCUT2D eigenvalue weighted by Crippen LogP contribution is 2.37. The van der Waals surface area contributed by atoms with E-state index in [9.17, 15) is 0 Å². The van der Waals surface area contributed by atoms with Crippen LogP contribution in [0.2, 0.25) is 0 Å². The molecule has 0 aliphatic carbocycles. The molecule has 0 aromatic carbocycles. The molecule has 0 aliphatic rings. The Balaban J connectivity index is 5.55. The van der Waals surface area contributed by atoms with Gasteiger partial charge in [-0.25, -0.2) is 29.3 Å². The first-order valence-corrected chi connectivity index (χ1v) is 12.0.